The van der Waals surface area contributed by atoms with E-state index >= 15 is 0 Å². The van der Waals surface area contributed by atoms with Crippen LogP contribution in [0.25, 0.3) is 11.6 Å². The van der Waals surface area contributed by atoms with Crippen LogP contribution >= 0.6 is 0 Å². The first-order chi connectivity index (χ1) is 12.8. The molecule has 0 bridgehead atoms. The summed E-state index contributed by atoms with van der Waals surface area (Å²) in [7, 11) is 0. The number of furan rings is 1. The van der Waals surface area contributed by atoms with Crippen molar-refractivity contribution in [1.29, 1.82) is 0 Å². The molecule has 0 spiro atoms. The largest absolute Gasteiger partial charge is 0.455 e. The van der Waals surface area contributed by atoms with Crippen molar-refractivity contribution in [3.63, 3.8) is 0 Å². The first-order valence-corrected chi connectivity index (χ1v) is 8.78. The molecule has 0 saturated carbocycles. The number of aliphatic hydroxyl groups excluding tert-OH is 1. The van der Waals surface area contributed by atoms with Crippen molar-refractivity contribution in [2.75, 3.05) is 26.3 Å². The van der Waals surface area contributed by atoms with Gasteiger partial charge in [0.1, 0.15) is 12.4 Å². The zero-order valence-corrected chi connectivity index (χ0v) is 14.5. The summed E-state index contributed by atoms with van der Waals surface area (Å²) in [6.07, 6.45) is 7.45. The van der Waals surface area contributed by atoms with Gasteiger partial charge in [-0.25, -0.2) is 4.98 Å². The molecule has 0 aromatic carbocycles. The molecule has 0 amide bonds. The second-order valence-electron chi connectivity index (χ2n) is 6.28. The van der Waals surface area contributed by atoms with Crippen LogP contribution in [0.15, 0.2) is 53.5 Å². The first kappa shape index (κ1) is 17.0. The Morgan fingerprint density at radius 1 is 1.15 bits per heavy atom. The van der Waals surface area contributed by atoms with Gasteiger partial charge in [0.15, 0.2) is 11.6 Å². The Kier molecular flexibility index (Phi) is 5.10. The van der Waals surface area contributed by atoms with Gasteiger partial charge >= 0.3 is 0 Å². The molecule has 1 fully saturated rings. The van der Waals surface area contributed by atoms with Crippen LogP contribution in [0, 0.1) is 0 Å². The van der Waals surface area contributed by atoms with Crippen LogP contribution < -0.4 is 0 Å². The molecule has 3 aromatic heterocycles. The lowest BCUT2D eigenvalue weighted by molar-refractivity contribution is 0.0123. The predicted molar refractivity (Wildman–Crippen MR) is 95.2 cm³/mol. The minimum absolute atomic E-state index is 0.118. The third kappa shape index (κ3) is 3.55. The average Bonchev–Trinajstić information content (AvgIpc) is 3.36. The molecule has 1 saturated heterocycles. The zero-order valence-electron chi connectivity index (χ0n) is 14.5. The molecule has 1 aliphatic heterocycles. The maximum atomic E-state index is 9.24. The van der Waals surface area contributed by atoms with Gasteiger partial charge in [0.25, 0.3) is 0 Å². The lowest BCUT2D eigenvalue weighted by Crippen LogP contribution is -2.40. The summed E-state index contributed by atoms with van der Waals surface area (Å²) >= 11 is 0. The molecule has 4 heterocycles. The van der Waals surface area contributed by atoms with Gasteiger partial charge in [-0.15, -0.1) is 0 Å². The van der Waals surface area contributed by atoms with Crippen molar-refractivity contribution in [3.05, 3.63) is 60.4 Å². The van der Waals surface area contributed by atoms with E-state index in [-0.39, 0.29) is 12.6 Å². The Morgan fingerprint density at radius 2 is 2.04 bits per heavy atom. The highest BCUT2D eigenvalue weighted by Crippen LogP contribution is 2.27. The highest BCUT2D eigenvalue weighted by Gasteiger charge is 2.24. The monoisotopic (exact) mass is 354 g/mol. The van der Waals surface area contributed by atoms with Gasteiger partial charge in [-0.2, -0.15) is 0 Å². The summed E-state index contributed by atoms with van der Waals surface area (Å²) in [6, 6.07) is 7.87. The van der Waals surface area contributed by atoms with E-state index in [1.807, 2.05) is 24.5 Å². The fraction of sp³-hybridized carbons (Fsp3) is 0.368. The Balaban J connectivity index is 1.63. The molecule has 1 unspecified atom stereocenters. The fourth-order valence-electron chi connectivity index (χ4n) is 3.34. The van der Waals surface area contributed by atoms with Crippen molar-refractivity contribution in [2.45, 2.75) is 19.2 Å². The average molecular weight is 354 g/mol. The quantitative estimate of drug-likeness (QED) is 0.731. The van der Waals surface area contributed by atoms with Gasteiger partial charge in [0.05, 0.1) is 19.3 Å². The molecule has 1 aliphatic rings. The van der Waals surface area contributed by atoms with E-state index in [0.29, 0.717) is 11.5 Å². The van der Waals surface area contributed by atoms with Crippen LogP contribution in [0.3, 0.4) is 0 Å². The number of hydrogen-bond donors (Lipinski definition) is 1. The minimum Gasteiger partial charge on any atom is -0.455 e. The van der Waals surface area contributed by atoms with E-state index in [9.17, 15) is 5.11 Å². The van der Waals surface area contributed by atoms with Gasteiger partial charge in [0.2, 0.25) is 0 Å². The Labute approximate surface area is 151 Å². The molecule has 1 atom stereocenters. The van der Waals surface area contributed by atoms with Crippen molar-refractivity contribution < 1.29 is 14.3 Å². The molecule has 26 heavy (non-hydrogen) atoms. The second-order valence-corrected chi connectivity index (χ2v) is 6.28. The molecule has 4 rings (SSSR count). The Hall–Kier alpha value is -2.48. The highest BCUT2D eigenvalue weighted by molar-refractivity contribution is 5.47. The summed E-state index contributed by atoms with van der Waals surface area (Å²) in [4.78, 5) is 11.2. The van der Waals surface area contributed by atoms with E-state index in [0.717, 1.165) is 38.7 Å². The van der Waals surface area contributed by atoms with E-state index < -0.39 is 0 Å². The normalized spacial score (nSPS) is 16.7. The van der Waals surface area contributed by atoms with Crippen LogP contribution in [0.5, 0.6) is 0 Å². The molecule has 0 aliphatic carbocycles. The molecule has 0 radical (unpaired) electrons. The summed E-state index contributed by atoms with van der Waals surface area (Å²) in [6.45, 7) is 3.87. The summed E-state index contributed by atoms with van der Waals surface area (Å²) < 4.78 is 13.3. The van der Waals surface area contributed by atoms with Crippen molar-refractivity contribution >= 4 is 0 Å². The Bertz CT molecular complexity index is 824. The Morgan fingerprint density at radius 3 is 2.77 bits per heavy atom. The number of nitrogens with zero attached hydrogens (tertiary/aromatic N) is 4. The molecule has 7 heteroatoms. The number of hydrogen-bond acceptors (Lipinski definition) is 6. The van der Waals surface area contributed by atoms with Gasteiger partial charge in [-0.3, -0.25) is 9.88 Å². The lowest BCUT2D eigenvalue weighted by atomic mass is 10.1. The summed E-state index contributed by atoms with van der Waals surface area (Å²) in [5.74, 6) is 1.95. The lowest BCUT2D eigenvalue weighted by Gasteiger charge is -2.35. The van der Waals surface area contributed by atoms with Gasteiger partial charge in [-0.1, -0.05) is 6.07 Å². The number of imidazole rings is 1. The molecule has 3 aromatic rings. The van der Waals surface area contributed by atoms with Crippen molar-refractivity contribution in [2.24, 2.45) is 0 Å². The SMILES string of the molecule is OCc1ccc(-c2nccn2CC(c2cccnc2)N2CCOCC2)o1. The van der Waals surface area contributed by atoms with Crippen LogP contribution in [0.2, 0.25) is 0 Å². The van der Waals surface area contributed by atoms with Crippen LogP contribution in [0.4, 0.5) is 0 Å². The highest BCUT2D eigenvalue weighted by atomic mass is 16.5. The van der Waals surface area contributed by atoms with Crippen molar-refractivity contribution in [3.8, 4) is 11.6 Å². The van der Waals surface area contributed by atoms with Gasteiger partial charge in [0, 0.05) is 44.4 Å². The first-order valence-electron chi connectivity index (χ1n) is 8.78. The molecular weight excluding hydrogens is 332 g/mol. The summed E-state index contributed by atoms with van der Waals surface area (Å²) in [5.41, 5.74) is 1.17. The van der Waals surface area contributed by atoms with E-state index in [4.69, 9.17) is 9.15 Å². The third-order valence-electron chi connectivity index (χ3n) is 4.68. The number of aliphatic hydroxyl groups is 1. The molecule has 136 valence electrons. The maximum absolute atomic E-state index is 9.24. The van der Waals surface area contributed by atoms with Crippen LogP contribution in [0.1, 0.15) is 17.4 Å². The third-order valence-corrected chi connectivity index (χ3v) is 4.68. The maximum Gasteiger partial charge on any atom is 0.176 e. The van der Waals surface area contributed by atoms with Crippen LogP contribution in [-0.2, 0) is 17.9 Å². The fourth-order valence-corrected chi connectivity index (χ4v) is 3.34. The standard InChI is InChI=1S/C19H22N4O3/c24-14-16-3-4-18(26-16)19-21-6-7-23(19)13-17(15-2-1-5-20-12-15)22-8-10-25-11-9-22/h1-7,12,17,24H,8-11,13-14H2. The van der Waals surface area contributed by atoms with E-state index in [2.05, 4.69) is 25.5 Å². The zero-order chi connectivity index (χ0) is 17.8. The topological polar surface area (TPSA) is 76.6 Å². The number of aromatic nitrogens is 3. The summed E-state index contributed by atoms with van der Waals surface area (Å²) in [5, 5.41) is 9.24. The molecule has 1 N–H and O–H groups in total. The molecule has 7 nitrogen and oxygen atoms in total. The predicted octanol–water partition coefficient (Wildman–Crippen LogP) is 2.10. The number of rotatable bonds is 6. The minimum atomic E-state index is -0.118. The number of morpholine rings is 1. The number of ether oxygens (including phenoxy) is 1. The van der Waals surface area contributed by atoms with E-state index in [1.54, 1.807) is 18.5 Å². The smallest absolute Gasteiger partial charge is 0.176 e. The molecular formula is C19H22N4O3. The van der Waals surface area contributed by atoms with Gasteiger partial charge < -0.3 is 18.8 Å². The van der Waals surface area contributed by atoms with Crippen LogP contribution in [-0.4, -0.2) is 50.8 Å². The second kappa shape index (κ2) is 7.82. The van der Waals surface area contributed by atoms with E-state index in [1.165, 1.54) is 5.56 Å². The van der Waals surface area contributed by atoms with Gasteiger partial charge in [-0.05, 0) is 23.8 Å². The number of pyridine rings is 1. The van der Waals surface area contributed by atoms with Crippen molar-refractivity contribution in [1.82, 2.24) is 19.4 Å².